The van der Waals surface area contributed by atoms with Crippen LogP contribution in [0.3, 0.4) is 0 Å². The zero-order chi connectivity index (χ0) is 13.8. The highest BCUT2D eigenvalue weighted by Gasteiger charge is 2.29. The summed E-state index contributed by atoms with van der Waals surface area (Å²) >= 11 is 12.3. The van der Waals surface area contributed by atoms with Crippen LogP contribution in [0.5, 0.6) is 0 Å². The number of rotatable bonds is 5. The van der Waals surface area contributed by atoms with Crippen LogP contribution in [0.1, 0.15) is 32.3 Å². The second-order valence-electron chi connectivity index (χ2n) is 5.17. The van der Waals surface area contributed by atoms with Gasteiger partial charge in [0.2, 0.25) is 0 Å². The van der Waals surface area contributed by atoms with E-state index >= 15 is 0 Å². The van der Waals surface area contributed by atoms with Crippen molar-refractivity contribution >= 4 is 23.2 Å². The topological polar surface area (TPSA) is 21.3 Å². The van der Waals surface area contributed by atoms with Crippen molar-refractivity contribution in [1.82, 2.24) is 5.32 Å². The second-order valence-corrected chi connectivity index (χ2v) is 6.01. The maximum Gasteiger partial charge on any atom is 0.0735 e. The van der Waals surface area contributed by atoms with Crippen LogP contribution in [0, 0.1) is 0 Å². The molecule has 0 saturated carbocycles. The van der Waals surface area contributed by atoms with Gasteiger partial charge in [-0.3, -0.25) is 0 Å². The van der Waals surface area contributed by atoms with E-state index in [1.54, 1.807) is 0 Å². The molecule has 0 spiro atoms. The lowest BCUT2D eigenvalue weighted by atomic mass is 9.99. The predicted molar refractivity (Wildman–Crippen MR) is 81.2 cm³/mol. The molecule has 1 fully saturated rings. The quantitative estimate of drug-likeness (QED) is 0.885. The number of hydrogen-bond donors (Lipinski definition) is 1. The third-order valence-electron chi connectivity index (χ3n) is 3.63. The Bertz CT molecular complexity index is 425. The summed E-state index contributed by atoms with van der Waals surface area (Å²) < 4.78 is 5.98. The van der Waals surface area contributed by atoms with Gasteiger partial charge < -0.3 is 10.1 Å². The molecule has 1 N–H and O–H groups in total. The van der Waals surface area contributed by atoms with Crippen LogP contribution in [-0.2, 0) is 11.2 Å². The molecule has 4 heteroatoms. The standard InChI is InChI=1S/C15H21Cl2NO/c1-3-18-14(15-7-4-10(2)19-15)9-11-8-12(16)5-6-13(11)17/h5-6,8,10,14-15,18H,3-4,7,9H2,1-2H3. The first-order chi connectivity index (χ1) is 9.10. The molecule has 3 unspecified atom stereocenters. The Balaban J connectivity index is 2.09. The lowest BCUT2D eigenvalue weighted by molar-refractivity contribution is 0.0324. The first-order valence-corrected chi connectivity index (χ1v) is 7.68. The van der Waals surface area contributed by atoms with Crippen molar-refractivity contribution in [2.75, 3.05) is 6.54 Å². The molecule has 1 saturated heterocycles. The van der Waals surface area contributed by atoms with Gasteiger partial charge in [-0.15, -0.1) is 0 Å². The molecule has 1 aromatic rings. The van der Waals surface area contributed by atoms with Crippen LogP contribution in [0.2, 0.25) is 10.0 Å². The van der Waals surface area contributed by atoms with Crippen LogP contribution in [0.15, 0.2) is 18.2 Å². The largest absolute Gasteiger partial charge is 0.374 e. The number of likely N-dealkylation sites (N-methyl/N-ethyl adjacent to an activating group) is 1. The van der Waals surface area contributed by atoms with Crippen molar-refractivity contribution in [3.63, 3.8) is 0 Å². The molecule has 2 rings (SSSR count). The molecule has 1 heterocycles. The lowest BCUT2D eigenvalue weighted by Crippen LogP contribution is -2.41. The fourth-order valence-corrected chi connectivity index (χ4v) is 3.05. The number of ether oxygens (including phenoxy) is 1. The van der Waals surface area contributed by atoms with Gasteiger partial charge in [0.15, 0.2) is 0 Å². The third kappa shape index (κ3) is 4.09. The lowest BCUT2D eigenvalue weighted by Gasteiger charge is -2.25. The van der Waals surface area contributed by atoms with Gasteiger partial charge in [-0.1, -0.05) is 30.1 Å². The first-order valence-electron chi connectivity index (χ1n) is 6.93. The van der Waals surface area contributed by atoms with Gasteiger partial charge in [0.05, 0.1) is 12.2 Å². The molecule has 0 aromatic heterocycles. The van der Waals surface area contributed by atoms with Crippen molar-refractivity contribution in [3.05, 3.63) is 33.8 Å². The maximum atomic E-state index is 6.25. The van der Waals surface area contributed by atoms with E-state index in [-0.39, 0.29) is 6.10 Å². The Morgan fingerprint density at radius 2 is 2.16 bits per heavy atom. The van der Waals surface area contributed by atoms with Crippen molar-refractivity contribution in [3.8, 4) is 0 Å². The van der Waals surface area contributed by atoms with Gasteiger partial charge in [0.1, 0.15) is 0 Å². The molecule has 1 aliphatic rings. The summed E-state index contributed by atoms with van der Waals surface area (Å²) in [6, 6.07) is 5.93. The number of halogens is 2. The molecular weight excluding hydrogens is 281 g/mol. The zero-order valence-corrected chi connectivity index (χ0v) is 13.0. The molecule has 0 radical (unpaired) electrons. The summed E-state index contributed by atoms with van der Waals surface area (Å²) in [7, 11) is 0. The van der Waals surface area contributed by atoms with E-state index < -0.39 is 0 Å². The van der Waals surface area contributed by atoms with Gasteiger partial charge in [-0.25, -0.2) is 0 Å². The van der Waals surface area contributed by atoms with Gasteiger partial charge in [-0.2, -0.15) is 0 Å². The predicted octanol–water partition coefficient (Wildman–Crippen LogP) is 4.08. The van der Waals surface area contributed by atoms with Gasteiger partial charge in [0, 0.05) is 16.1 Å². The van der Waals surface area contributed by atoms with E-state index in [0.29, 0.717) is 12.1 Å². The summed E-state index contributed by atoms with van der Waals surface area (Å²) in [5, 5.41) is 5.02. The molecule has 3 atom stereocenters. The third-order valence-corrected chi connectivity index (χ3v) is 4.23. The van der Waals surface area contributed by atoms with Crippen molar-refractivity contribution < 1.29 is 4.74 Å². The van der Waals surface area contributed by atoms with Gasteiger partial charge in [0.25, 0.3) is 0 Å². The van der Waals surface area contributed by atoms with E-state index in [1.165, 1.54) is 0 Å². The van der Waals surface area contributed by atoms with Crippen LogP contribution in [0.4, 0.5) is 0 Å². The monoisotopic (exact) mass is 301 g/mol. The Labute approximate surface area is 125 Å². The van der Waals surface area contributed by atoms with E-state index in [1.807, 2.05) is 18.2 Å². The van der Waals surface area contributed by atoms with Crippen LogP contribution in [0.25, 0.3) is 0 Å². The summed E-state index contributed by atoms with van der Waals surface area (Å²) in [5.41, 5.74) is 1.09. The Morgan fingerprint density at radius 1 is 1.37 bits per heavy atom. The molecule has 0 amide bonds. The fraction of sp³-hybridized carbons (Fsp3) is 0.600. The minimum absolute atomic E-state index is 0.269. The fourth-order valence-electron chi connectivity index (χ4n) is 2.66. The maximum absolute atomic E-state index is 6.25. The van der Waals surface area contributed by atoms with Crippen LogP contribution < -0.4 is 5.32 Å². The van der Waals surface area contributed by atoms with Crippen LogP contribution >= 0.6 is 23.2 Å². The van der Waals surface area contributed by atoms with E-state index in [0.717, 1.165) is 41.4 Å². The van der Waals surface area contributed by atoms with Crippen LogP contribution in [-0.4, -0.2) is 24.8 Å². The Hall–Kier alpha value is -0.280. The molecule has 19 heavy (non-hydrogen) atoms. The molecule has 0 bridgehead atoms. The van der Waals surface area contributed by atoms with Crippen molar-refractivity contribution in [1.29, 1.82) is 0 Å². The normalized spacial score (nSPS) is 24.6. The highest BCUT2D eigenvalue weighted by atomic mass is 35.5. The summed E-state index contributed by atoms with van der Waals surface area (Å²) in [6.07, 6.45) is 3.73. The number of benzene rings is 1. The highest BCUT2D eigenvalue weighted by Crippen LogP contribution is 2.27. The molecule has 106 valence electrons. The molecule has 0 aliphatic carbocycles. The van der Waals surface area contributed by atoms with E-state index in [4.69, 9.17) is 27.9 Å². The number of hydrogen-bond acceptors (Lipinski definition) is 2. The number of nitrogens with one attached hydrogen (secondary N) is 1. The summed E-state index contributed by atoms with van der Waals surface area (Å²) in [5.74, 6) is 0. The van der Waals surface area contributed by atoms with Gasteiger partial charge >= 0.3 is 0 Å². The minimum Gasteiger partial charge on any atom is -0.374 e. The molecular formula is C15H21Cl2NO. The SMILES string of the molecule is CCNC(Cc1cc(Cl)ccc1Cl)C1CCC(C)O1. The first kappa shape index (κ1) is 15.1. The average molecular weight is 302 g/mol. The summed E-state index contributed by atoms with van der Waals surface area (Å²) in [4.78, 5) is 0. The van der Waals surface area contributed by atoms with E-state index in [2.05, 4.69) is 19.2 Å². The second kappa shape index (κ2) is 6.94. The van der Waals surface area contributed by atoms with Crippen molar-refractivity contribution in [2.45, 2.75) is 51.4 Å². The molecule has 2 nitrogen and oxygen atoms in total. The van der Waals surface area contributed by atoms with Crippen molar-refractivity contribution in [2.24, 2.45) is 0 Å². The average Bonchev–Trinajstić information content (AvgIpc) is 2.80. The summed E-state index contributed by atoms with van der Waals surface area (Å²) in [6.45, 7) is 5.18. The Kier molecular flexibility index (Phi) is 5.52. The zero-order valence-electron chi connectivity index (χ0n) is 11.5. The van der Waals surface area contributed by atoms with Gasteiger partial charge in [-0.05, 0) is 56.5 Å². The Morgan fingerprint density at radius 3 is 2.79 bits per heavy atom. The van der Waals surface area contributed by atoms with E-state index in [9.17, 15) is 0 Å². The minimum atomic E-state index is 0.269. The smallest absolute Gasteiger partial charge is 0.0735 e. The molecule has 1 aliphatic heterocycles. The highest BCUT2D eigenvalue weighted by molar-refractivity contribution is 6.33. The molecule has 1 aromatic carbocycles.